The van der Waals surface area contributed by atoms with Crippen molar-refractivity contribution in [3.05, 3.63) is 29.3 Å². The SMILES string of the molecule is C#CCNC(=NCC(C)Oc1cccc(Cl)c1)NCC. The standard InChI is InChI=1S/C15H20ClN3O/c1-4-9-18-15(17-5-2)19-11-12(3)20-14-8-6-7-13(16)10-14/h1,6-8,10,12H,5,9,11H2,2-3H3,(H2,17,18,19). The number of guanidine groups is 1. The summed E-state index contributed by atoms with van der Waals surface area (Å²) in [5.74, 6) is 3.94. The summed E-state index contributed by atoms with van der Waals surface area (Å²) in [5.41, 5.74) is 0. The van der Waals surface area contributed by atoms with Crippen LogP contribution in [-0.4, -0.2) is 31.7 Å². The molecule has 1 aromatic carbocycles. The number of rotatable bonds is 6. The lowest BCUT2D eigenvalue weighted by molar-refractivity contribution is 0.230. The number of hydrogen-bond acceptors (Lipinski definition) is 2. The van der Waals surface area contributed by atoms with E-state index < -0.39 is 0 Å². The summed E-state index contributed by atoms with van der Waals surface area (Å²) in [4.78, 5) is 4.41. The molecule has 2 N–H and O–H groups in total. The molecule has 4 nitrogen and oxygen atoms in total. The molecule has 0 aromatic heterocycles. The molecule has 0 radical (unpaired) electrons. The van der Waals surface area contributed by atoms with Crippen molar-refractivity contribution in [1.29, 1.82) is 0 Å². The Hall–Kier alpha value is -1.86. The largest absolute Gasteiger partial charge is 0.489 e. The molecule has 1 rings (SSSR count). The fraction of sp³-hybridized carbons (Fsp3) is 0.400. The number of nitrogens with zero attached hydrogens (tertiary/aromatic N) is 1. The molecule has 0 aliphatic rings. The van der Waals surface area contributed by atoms with Crippen LogP contribution in [0.5, 0.6) is 5.75 Å². The zero-order chi connectivity index (χ0) is 14.8. The predicted octanol–water partition coefficient (Wildman–Crippen LogP) is 2.30. The number of hydrogen-bond donors (Lipinski definition) is 2. The van der Waals surface area contributed by atoms with Gasteiger partial charge >= 0.3 is 0 Å². The molecule has 0 aliphatic carbocycles. The first kappa shape index (κ1) is 16.2. The van der Waals surface area contributed by atoms with Crippen molar-refractivity contribution < 1.29 is 4.74 Å². The number of ether oxygens (including phenoxy) is 1. The number of aliphatic imine (C=N–C) groups is 1. The van der Waals surface area contributed by atoms with E-state index in [2.05, 4.69) is 21.5 Å². The van der Waals surface area contributed by atoms with Gasteiger partial charge in [-0.15, -0.1) is 6.42 Å². The molecule has 1 atom stereocenters. The van der Waals surface area contributed by atoms with Crippen molar-refractivity contribution >= 4 is 17.6 Å². The first-order valence-corrected chi connectivity index (χ1v) is 6.91. The molecule has 0 spiro atoms. The molecule has 0 amide bonds. The van der Waals surface area contributed by atoms with Crippen molar-refractivity contribution in [3.8, 4) is 18.1 Å². The molecule has 0 bridgehead atoms. The van der Waals surface area contributed by atoms with Crippen LogP contribution in [0.2, 0.25) is 5.02 Å². The lowest BCUT2D eigenvalue weighted by atomic mass is 10.3. The molecule has 0 heterocycles. The van der Waals surface area contributed by atoms with Crippen LogP contribution in [0.4, 0.5) is 0 Å². The number of benzene rings is 1. The average molecular weight is 294 g/mol. The minimum absolute atomic E-state index is 0.0604. The van der Waals surface area contributed by atoms with Crippen LogP contribution in [0.25, 0.3) is 0 Å². The first-order chi connectivity index (χ1) is 9.65. The summed E-state index contributed by atoms with van der Waals surface area (Å²) < 4.78 is 5.74. The molecule has 0 aliphatic heterocycles. The van der Waals surface area contributed by atoms with Gasteiger partial charge < -0.3 is 15.4 Å². The third-order valence-corrected chi connectivity index (χ3v) is 2.58. The van der Waals surface area contributed by atoms with E-state index >= 15 is 0 Å². The van der Waals surface area contributed by atoms with Gasteiger partial charge in [0.15, 0.2) is 5.96 Å². The molecule has 20 heavy (non-hydrogen) atoms. The van der Waals surface area contributed by atoms with Crippen LogP contribution >= 0.6 is 11.6 Å². The first-order valence-electron chi connectivity index (χ1n) is 6.53. The normalized spacial score (nSPS) is 12.4. The quantitative estimate of drug-likeness (QED) is 0.481. The lowest BCUT2D eigenvalue weighted by Gasteiger charge is -2.14. The van der Waals surface area contributed by atoms with Crippen molar-refractivity contribution in [2.45, 2.75) is 20.0 Å². The van der Waals surface area contributed by atoms with Crippen LogP contribution in [0.3, 0.4) is 0 Å². The van der Waals surface area contributed by atoms with Crippen LogP contribution in [-0.2, 0) is 0 Å². The Balaban J connectivity index is 2.51. The number of halogens is 1. The van der Waals surface area contributed by atoms with Crippen LogP contribution < -0.4 is 15.4 Å². The van der Waals surface area contributed by atoms with E-state index in [0.29, 0.717) is 24.1 Å². The Bertz CT molecular complexity index is 482. The molecule has 0 fully saturated rings. The van der Waals surface area contributed by atoms with Crippen LogP contribution in [0.15, 0.2) is 29.3 Å². The molecular formula is C15H20ClN3O. The Kier molecular flexibility index (Phi) is 7.38. The highest BCUT2D eigenvalue weighted by Gasteiger charge is 2.04. The van der Waals surface area contributed by atoms with Gasteiger partial charge in [-0.05, 0) is 32.0 Å². The molecule has 1 unspecified atom stereocenters. The number of nitrogens with one attached hydrogen (secondary N) is 2. The topological polar surface area (TPSA) is 45.7 Å². The van der Waals surface area contributed by atoms with Crippen molar-refractivity contribution in [2.24, 2.45) is 4.99 Å². The van der Waals surface area contributed by atoms with Gasteiger partial charge in [-0.3, -0.25) is 0 Å². The van der Waals surface area contributed by atoms with Gasteiger partial charge in [0.1, 0.15) is 11.9 Å². The zero-order valence-corrected chi connectivity index (χ0v) is 12.6. The lowest BCUT2D eigenvalue weighted by Crippen LogP contribution is -2.38. The van der Waals surface area contributed by atoms with E-state index in [9.17, 15) is 0 Å². The molecule has 1 aromatic rings. The maximum absolute atomic E-state index is 5.91. The fourth-order valence-corrected chi connectivity index (χ4v) is 1.69. The highest BCUT2D eigenvalue weighted by atomic mass is 35.5. The molecule has 108 valence electrons. The van der Waals surface area contributed by atoms with Crippen molar-refractivity contribution in [2.75, 3.05) is 19.6 Å². The molecule has 0 saturated carbocycles. The van der Waals surface area contributed by atoms with Gasteiger partial charge in [-0.25, -0.2) is 4.99 Å². The summed E-state index contributed by atoms with van der Waals surface area (Å²) in [6, 6.07) is 7.31. The fourth-order valence-electron chi connectivity index (χ4n) is 1.51. The maximum atomic E-state index is 5.91. The van der Waals surface area contributed by atoms with Gasteiger partial charge in [0.25, 0.3) is 0 Å². The van der Waals surface area contributed by atoms with Gasteiger partial charge in [0.2, 0.25) is 0 Å². The minimum Gasteiger partial charge on any atom is -0.489 e. The second-order valence-corrected chi connectivity index (χ2v) is 4.60. The molecule has 5 heteroatoms. The summed E-state index contributed by atoms with van der Waals surface area (Å²) in [7, 11) is 0. The smallest absolute Gasteiger partial charge is 0.192 e. The van der Waals surface area contributed by atoms with E-state index in [-0.39, 0.29) is 6.10 Å². The van der Waals surface area contributed by atoms with E-state index in [1.165, 1.54) is 0 Å². The van der Waals surface area contributed by atoms with E-state index in [1.807, 2.05) is 32.0 Å². The average Bonchev–Trinajstić information content (AvgIpc) is 2.42. The van der Waals surface area contributed by atoms with Gasteiger partial charge in [-0.2, -0.15) is 0 Å². The predicted molar refractivity (Wildman–Crippen MR) is 84.4 cm³/mol. The summed E-state index contributed by atoms with van der Waals surface area (Å²) >= 11 is 5.91. The second kappa shape index (κ2) is 9.11. The Morgan fingerprint density at radius 1 is 1.50 bits per heavy atom. The van der Waals surface area contributed by atoms with Crippen LogP contribution in [0.1, 0.15) is 13.8 Å². The summed E-state index contributed by atoms with van der Waals surface area (Å²) in [5, 5.41) is 6.79. The van der Waals surface area contributed by atoms with E-state index in [0.717, 1.165) is 12.3 Å². The van der Waals surface area contributed by atoms with Crippen LogP contribution in [0, 0.1) is 12.3 Å². The van der Waals surface area contributed by atoms with Crippen molar-refractivity contribution in [3.63, 3.8) is 0 Å². The van der Waals surface area contributed by atoms with E-state index in [1.54, 1.807) is 6.07 Å². The molecular weight excluding hydrogens is 274 g/mol. The third-order valence-electron chi connectivity index (χ3n) is 2.34. The Morgan fingerprint density at radius 2 is 2.30 bits per heavy atom. The monoisotopic (exact) mass is 293 g/mol. The second-order valence-electron chi connectivity index (χ2n) is 4.16. The maximum Gasteiger partial charge on any atom is 0.192 e. The Morgan fingerprint density at radius 3 is 2.95 bits per heavy atom. The summed E-state index contributed by atoms with van der Waals surface area (Å²) in [6.45, 7) is 5.69. The van der Waals surface area contributed by atoms with Gasteiger partial charge in [0, 0.05) is 11.6 Å². The summed E-state index contributed by atoms with van der Waals surface area (Å²) in [6.07, 6.45) is 5.15. The third kappa shape index (κ3) is 6.35. The highest BCUT2D eigenvalue weighted by Crippen LogP contribution is 2.18. The Labute approximate surface area is 125 Å². The zero-order valence-electron chi connectivity index (χ0n) is 11.8. The van der Waals surface area contributed by atoms with Crippen molar-refractivity contribution in [1.82, 2.24) is 10.6 Å². The number of terminal acetylenes is 1. The minimum atomic E-state index is -0.0604. The van der Waals surface area contributed by atoms with E-state index in [4.69, 9.17) is 22.8 Å². The van der Waals surface area contributed by atoms with Gasteiger partial charge in [-0.1, -0.05) is 23.6 Å². The molecule has 0 saturated heterocycles. The van der Waals surface area contributed by atoms with Gasteiger partial charge in [0.05, 0.1) is 13.1 Å². The highest BCUT2D eigenvalue weighted by molar-refractivity contribution is 6.30.